The molecule has 5 nitrogen and oxygen atoms in total. The first-order valence-electron chi connectivity index (χ1n) is 9.06. The van der Waals surface area contributed by atoms with Crippen LogP contribution in [0.2, 0.25) is 0 Å². The highest BCUT2D eigenvalue weighted by molar-refractivity contribution is 5.94. The van der Waals surface area contributed by atoms with Gasteiger partial charge in [-0.05, 0) is 57.4 Å². The Bertz CT molecular complexity index is 574. The predicted molar refractivity (Wildman–Crippen MR) is 97.7 cm³/mol. The lowest BCUT2D eigenvalue weighted by molar-refractivity contribution is -0.124. The number of carbonyl (C=O) groups excluding carboxylic acids is 1. The summed E-state index contributed by atoms with van der Waals surface area (Å²) in [6, 6.07) is 6.92. The molecule has 1 aromatic rings. The van der Waals surface area contributed by atoms with Gasteiger partial charge in [-0.2, -0.15) is 0 Å². The maximum Gasteiger partial charge on any atom is 0.253 e. The van der Waals surface area contributed by atoms with Gasteiger partial charge in [-0.1, -0.05) is 0 Å². The van der Waals surface area contributed by atoms with Crippen LogP contribution in [0.5, 0.6) is 0 Å². The molecule has 0 saturated carbocycles. The monoisotopic (exact) mass is 331 g/mol. The van der Waals surface area contributed by atoms with E-state index in [1.54, 1.807) is 0 Å². The van der Waals surface area contributed by atoms with Crippen molar-refractivity contribution in [3.8, 4) is 0 Å². The van der Waals surface area contributed by atoms with Crippen LogP contribution in [-0.4, -0.2) is 55.7 Å². The third-order valence-electron chi connectivity index (χ3n) is 4.96. The third-order valence-corrected chi connectivity index (χ3v) is 4.96. The fraction of sp³-hybridized carbons (Fsp3) is 0.632. The van der Waals surface area contributed by atoms with Gasteiger partial charge in [0, 0.05) is 50.2 Å². The summed E-state index contributed by atoms with van der Waals surface area (Å²) >= 11 is 0. The van der Waals surface area contributed by atoms with Crippen molar-refractivity contribution < 1.29 is 9.53 Å². The molecule has 0 unspecified atom stereocenters. The van der Waals surface area contributed by atoms with Crippen molar-refractivity contribution in [1.82, 2.24) is 4.90 Å². The van der Waals surface area contributed by atoms with Crippen LogP contribution >= 0.6 is 0 Å². The average Bonchev–Trinajstić information content (AvgIpc) is 3.09. The van der Waals surface area contributed by atoms with Crippen molar-refractivity contribution >= 4 is 17.3 Å². The number of piperazine rings is 1. The van der Waals surface area contributed by atoms with Gasteiger partial charge < -0.3 is 15.0 Å². The predicted octanol–water partition coefficient (Wildman–Crippen LogP) is 2.64. The molecule has 2 saturated heterocycles. The first-order chi connectivity index (χ1) is 11.5. The minimum absolute atomic E-state index is 0.0197. The van der Waals surface area contributed by atoms with Crippen molar-refractivity contribution in [2.75, 3.05) is 43.0 Å². The summed E-state index contributed by atoms with van der Waals surface area (Å²) in [7, 11) is 0. The number of aryl methyl sites for hydroxylation is 1. The van der Waals surface area contributed by atoms with Gasteiger partial charge in [-0.25, -0.2) is 0 Å². The molecule has 0 spiro atoms. The molecule has 0 bridgehead atoms. The number of amides is 1. The van der Waals surface area contributed by atoms with Crippen molar-refractivity contribution in [3.05, 3.63) is 23.8 Å². The van der Waals surface area contributed by atoms with Gasteiger partial charge in [0.05, 0.1) is 0 Å². The van der Waals surface area contributed by atoms with E-state index >= 15 is 0 Å². The third kappa shape index (κ3) is 4.08. The van der Waals surface area contributed by atoms with Gasteiger partial charge in [-0.15, -0.1) is 0 Å². The zero-order valence-corrected chi connectivity index (χ0v) is 15.0. The highest BCUT2D eigenvalue weighted by atomic mass is 16.5. The summed E-state index contributed by atoms with van der Waals surface area (Å²) < 4.78 is 5.47. The molecular formula is C19H29N3O2. The Labute approximate surface area is 145 Å². The number of ether oxygens (including phenoxy) is 1. The number of hydrogen-bond acceptors (Lipinski definition) is 4. The van der Waals surface area contributed by atoms with Gasteiger partial charge in [0.1, 0.15) is 6.10 Å². The Hall–Kier alpha value is -1.59. The molecule has 3 rings (SSSR count). The van der Waals surface area contributed by atoms with Crippen LogP contribution in [0.1, 0.15) is 32.3 Å². The van der Waals surface area contributed by atoms with Crippen LogP contribution in [0.15, 0.2) is 18.2 Å². The molecule has 5 heteroatoms. The summed E-state index contributed by atoms with van der Waals surface area (Å²) in [6.07, 6.45) is 1.50. The molecule has 2 heterocycles. The molecule has 1 amide bonds. The quantitative estimate of drug-likeness (QED) is 0.921. The lowest BCUT2D eigenvalue weighted by Crippen LogP contribution is -2.48. The van der Waals surface area contributed by atoms with E-state index in [-0.39, 0.29) is 12.0 Å². The molecule has 1 N–H and O–H groups in total. The van der Waals surface area contributed by atoms with E-state index in [2.05, 4.69) is 48.0 Å². The van der Waals surface area contributed by atoms with Crippen molar-refractivity contribution in [2.45, 2.75) is 45.8 Å². The zero-order valence-electron chi connectivity index (χ0n) is 15.0. The summed E-state index contributed by atoms with van der Waals surface area (Å²) in [6.45, 7) is 11.5. The van der Waals surface area contributed by atoms with Gasteiger partial charge >= 0.3 is 0 Å². The van der Waals surface area contributed by atoms with Gasteiger partial charge in [0.15, 0.2) is 0 Å². The summed E-state index contributed by atoms with van der Waals surface area (Å²) in [5.74, 6) is -0.0197. The molecule has 1 aromatic carbocycles. The highest BCUT2D eigenvalue weighted by Gasteiger charge is 2.24. The average molecular weight is 331 g/mol. The fourth-order valence-electron chi connectivity index (χ4n) is 3.52. The number of nitrogens with zero attached hydrogens (tertiary/aromatic N) is 2. The van der Waals surface area contributed by atoms with Crippen LogP contribution < -0.4 is 10.2 Å². The SMILES string of the molecule is Cc1cc(NC(=O)[C@H]2CCCO2)cc(N2CCN(C(C)C)CC2)c1. The number of rotatable bonds is 4. The Kier molecular flexibility index (Phi) is 5.41. The van der Waals surface area contributed by atoms with Gasteiger partial charge in [-0.3, -0.25) is 9.69 Å². The van der Waals surface area contributed by atoms with Crippen LogP contribution in [-0.2, 0) is 9.53 Å². The molecule has 0 aliphatic carbocycles. The Morgan fingerprint density at radius 1 is 1.21 bits per heavy atom. The molecule has 1 atom stereocenters. The van der Waals surface area contributed by atoms with Crippen LogP contribution in [0.4, 0.5) is 11.4 Å². The molecule has 2 aliphatic rings. The first-order valence-corrected chi connectivity index (χ1v) is 9.06. The van der Waals surface area contributed by atoms with E-state index in [0.717, 1.165) is 44.7 Å². The number of nitrogens with one attached hydrogen (secondary N) is 1. The largest absolute Gasteiger partial charge is 0.369 e. The van der Waals surface area contributed by atoms with E-state index in [1.807, 2.05) is 6.07 Å². The lowest BCUT2D eigenvalue weighted by Gasteiger charge is -2.38. The highest BCUT2D eigenvalue weighted by Crippen LogP contribution is 2.25. The number of carbonyl (C=O) groups is 1. The van der Waals surface area contributed by atoms with Crippen molar-refractivity contribution in [1.29, 1.82) is 0 Å². The van der Waals surface area contributed by atoms with Crippen LogP contribution in [0.3, 0.4) is 0 Å². The molecule has 0 aromatic heterocycles. The standard InChI is InChI=1S/C19H29N3O2/c1-14(2)21-6-8-22(9-7-21)17-12-15(3)11-16(13-17)20-19(23)18-5-4-10-24-18/h11-14,18H,4-10H2,1-3H3,(H,20,23)/t18-/m1/s1. The fourth-order valence-corrected chi connectivity index (χ4v) is 3.52. The van der Waals surface area contributed by atoms with E-state index < -0.39 is 0 Å². The zero-order chi connectivity index (χ0) is 17.1. The second kappa shape index (κ2) is 7.53. The van der Waals surface area contributed by atoms with Gasteiger partial charge in [0.2, 0.25) is 0 Å². The number of benzene rings is 1. The van der Waals surface area contributed by atoms with E-state index in [1.165, 1.54) is 11.3 Å². The molecule has 2 fully saturated rings. The number of anilines is 2. The molecular weight excluding hydrogens is 302 g/mol. The van der Waals surface area contributed by atoms with E-state index in [0.29, 0.717) is 12.6 Å². The summed E-state index contributed by atoms with van der Waals surface area (Å²) in [4.78, 5) is 17.2. The summed E-state index contributed by atoms with van der Waals surface area (Å²) in [5, 5.41) is 3.03. The number of hydrogen-bond donors (Lipinski definition) is 1. The lowest BCUT2D eigenvalue weighted by atomic mass is 10.1. The van der Waals surface area contributed by atoms with Crippen molar-refractivity contribution in [3.63, 3.8) is 0 Å². The smallest absolute Gasteiger partial charge is 0.253 e. The normalized spacial score (nSPS) is 22.2. The second-order valence-corrected chi connectivity index (χ2v) is 7.16. The maximum atomic E-state index is 12.3. The minimum atomic E-state index is -0.288. The van der Waals surface area contributed by atoms with Crippen LogP contribution in [0, 0.1) is 6.92 Å². The van der Waals surface area contributed by atoms with Gasteiger partial charge in [0.25, 0.3) is 5.91 Å². The molecule has 132 valence electrons. The summed E-state index contributed by atoms with van der Waals surface area (Å²) in [5.41, 5.74) is 3.24. The van der Waals surface area contributed by atoms with Crippen LogP contribution in [0.25, 0.3) is 0 Å². The topological polar surface area (TPSA) is 44.8 Å². The first kappa shape index (κ1) is 17.2. The molecule has 0 radical (unpaired) electrons. The molecule has 24 heavy (non-hydrogen) atoms. The Balaban J connectivity index is 1.66. The second-order valence-electron chi connectivity index (χ2n) is 7.16. The molecule has 2 aliphatic heterocycles. The maximum absolute atomic E-state index is 12.3. The Morgan fingerprint density at radius 3 is 2.58 bits per heavy atom. The van der Waals surface area contributed by atoms with E-state index in [9.17, 15) is 4.79 Å². The minimum Gasteiger partial charge on any atom is -0.369 e. The van der Waals surface area contributed by atoms with Crippen molar-refractivity contribution in [2.24, 2.45) is 0 Å². The Morgan fingerprint density at radius 2 is 1.96 bits per heavy atom. The van der Waals surface area contributed by atoms with E-state index in [4.69, 9.17) is 4.74 Å².